The van der Waals surface area contributed by atoms with Crippen LogP contribution in [0.1, 0.15) is 39.0 Å². The molecule has 0 heterocycles. The molecule has 2 aliphatic rings. The Morgan fingerprint density at radius 2 is 2.16 bits per heavy atom. The Bertz CT molecular complexity index is 388. The van der Waals surface area contributed by atoms with E-state index in [0.29, 0.717) is 31.8 Å². The van der Waals surface area contributed by atoms with E-state index >= 15 is 0 Å². The molecule has 0 N–H and O–H groups in total. The summed E-state index contributed by atoms with van der Waals surface area (Å²) in [4.78, 5) is 23.5. The maximum Gasteiger partial charge on any atom is 0.312 e. The molecule has 0 aromatic carbocycles. The van der Waals surface area contributed by atoms with Crippen LogP contribution in [0.25, 0.3) is 0 Å². The fraction of sp³-hybridized carbons (Fsp3) is 0.733. The molecule has 1 fully saturated rings. The number of ether oxygens (including phenoxy) is 2. The van der Waals surface area contributed by atoms with Crippen LogP contribution in [0.15, 0.2) is 12.2 Å². The van der Waals surface area contributed by atoms with Crippen molar-refractivity contribution >= 4 is 11.9 Å². The highest BCUT2D eigenvalue weighted by atomic mass is 16.5. The number of allylic oxidation sites excluding steroid dienone is 2. The highest BCUT2D eigenvalue weighted by molar-refractivity contribution is 5.79. The lowest BCUT2D eigenvalue weighted by atomic mass is 9.72. The maximum atomic E-state index is 12.3. The van der Waals surface area contributed by atoms with E-state index in [2.05, 4.69) is 16.9 Å². The summed E-state index contributed by atoms with van der Waals surface area (Å²) in [6.07, 6.45) is 8.06. The van der Waals surface area contributed by atoms with Crippen LogP contribution in [0, 0.1) is 17.3 Å². The first-order chi connectivity index (χ1) is 9.12. The highest BCUT2D eigenvalue weighted by Crippen LogP contribution is 2.55. The van der Waals surface area contributed by atoms with E-state index in [-0.39, 0.29) is 17.9 Å². The van der Waals surface area contributed by atoms with Crippen LogP contribution in [0.5, 0.6) is 0 Å². The molecule has 0 aliphatic heterocycles. The number of fused-ring (bicyclic) bond motifs is 2. The predicted molar refractivity (Wildman–Crippen MR) is 70.3 cm³/mol. The zero-order valence-electron chi connectivity index (χ0n) is 11.7. The molecule has 2 rings (SSSR count). The molecule has 0 amide bonds. The second kappa shape index (κ2) is 5.76. The SMILES string of the molecule is CCOC(=O)C1(CCCC(=O)OC)CC2C=CC1C2. The first-order valence-electron chi connectivity index (χ1n) is 7.04. The molecule has 3 unspecified atom stereocenters. The summed E-state index contributed by atoms with van der Waals surface area (Å²) in [5, 5.41) is 0. The van der Waals surface area contributed by atoms with Gasteiger partial charge in [0.2, 0.25) is 0 Å². The zero-order valence-corrected chi connectivity index (χ0v) is 11.7. The van der Waals surface area contributed by atoms with Gasteiger partial charge in [0.25, 0.3) is 0 Å². The third-order valence-corrected chi connectivity index (χ3v) is 4.42. The van der Waals surface area contributed by atoms with Gasteiger partial charge in [-0.25, -0.2) is 0 Å². The van der Waals surface area contributed by atoms with Gasteiger partial charge in [-0.3, -0.25) is 9.59 Å². The smallest absolute Gasteiger partial charge is 0.312 e. The summed E-state index contributed by atoms with van der Waals surface area (Å²) < 4.78 is 9.93. The Balaban J connectivity index is 2.02. The lowest BCUT2D eigenvalue weighted by Crippen LogP contribution is -2.37. The molecular formula is C15H22O4. The minimum absolute atomic E-state index is 0.0864. The summed E-state index contributed by atoms with van der Waals surface area (Å²) in [5.74, 6) is 0.496. The van der Waals surface area contributed by atoms with Gasteiger partial charge in [0, 0.05) is 6.42 Å². The number of carbonyl (C=O) groups excluding carboxylic acids is 2. The molecule has 0 radical (unpaired) electrons. The van der Waals surface area contributed by atoms with E-state index in [9.17, 15) is 9.59 Å². The number of rotatable bonds is 6. The molecule has 0 aromatic rings. The summed E-state index contributed by atoms with van der Waals surface area (Å²) in [6.45, 7) is 2.25. The van der Waals surface area contributed by atoms with Gasteiger partial charge in [0.05, 0.1) is 19.1 Å². The molecule has 2 bridgehead atoms. The fourth-order valence-electron chi connectivity index (χ4n) is 3.50. The fourth-order valence-corrected chi connectivity index (χ4v) is 3.50. The summed E-state index contributed by atoms with van der Waals surface area (Å²) >= 11 is 0. The van der Waals surface area contributed by atoms with Gasteiger partial charge in [-0.05, 0) is 44.4 Å². The number of hydrogen-bond acceptors (Lipinski definition) is 4. The van der Waals surface area contributed by atoms with Crippen molar-refractivity contribution < 1.29 is 19.1 Å². The van der Waals surface area contributed by atoms with Crippen LogP contribution in [-0.4, -0.2) is 25.7 Å². The topological polar surface area (TPSA) is 52.6 Å². The highest BCUT2D eigenvalue weighted by Gasteiger charge is 2.53. The first kappa shape index (κ1) is 14.1. The quantitative estimate of drug-likeness (QED) is 0.547. The van der Waals surface area contributed by atoms with Crippen molar-refractivity contribution in [2.24, 2.45) is 17.3 Å². The molecule has 4 nitrogen and oxygen atoms in total. The largest absolute Gasteiger partial charge is 0.469 e. The zero-order chi connectivity index (χ0) is 13.9. The minimum atomic E-state index is -0.399. The number of methoxy groups -OCH3 is 1. The predicted octanol–water partition coefficient (Wildman–Crippen LogP) is 2.48. The molecule has 0 saturated heterocycles. The minimum Gasteiger partial charge on any atom is -0.469 e. The average molecular weight is 266 g/mol. The summed E-state index contributed by atoms with van der Waals surface area (Å²) in [5.41, 5.74) is -0.399. The van der Waals surface area contributed by atoms with Crippen molar-refractivity contribution in [2.45, 2.75) is 39.0 Å². The molecule has 19 heavy (non-hydrogen) atoms. The van der Waals surface area contributed by atoms with Crippen LogP contribution < -0.4 is 0 Å². The van der Waals surface area contributed by atoms with Crippen molar-refractivity contribution in [3.05, 3.63) is 12.2 Å². The second-order valence-electron chi connectivity index (χ2n) is 5.50. The Morgan fingerprint density at radius 1 is 1.37 bits per heavy atom. The second-order valence-corrected chi connectivity index (χ2v) is 5.50. The Morgan fingerprint density at radius 3 is 2.68 bits per heavy atom. The third kappa shape index (κ3) is 2.67. The van der Waals surface area contributed by atoms with Gasteiger partial charge in [0.1, 0.15) is 0 Å². The van der Waals surface area contributed by atoms with Crippen LogP contribution in [0.4, 0.5) is 0 Å². The van der Waals surface area contributed by atoms with Crippen molar-refractivity contribution in [1.82, 2.24) is 0 Å². The number of esters is 2. The van der Waals surface area contributed by atoms with Gasteiger partial charge >= 0.3 is 11.9 Å². The Labute approximate surface area is 114 Å². The molecule has 0 spiro atoms. The molecule has 0 aromatic heterocycles. The van der Waals surface area contributed by atoms with E-state index < -0.39 is 5.41 Å². The summed E-state index contributed by atoms with van der Waals surface area (Å²) in [7, 11) is 1.39. The summed E-state index contributed by atoms with van der Waals surface area (Å²) in [6, 6.07) is 0. The molecule has 1 saturated carbocycles. The van der Waals surface area contributed by atoms with Gasteiger partial charge < -0.3 is 9.47 Å². The molecule has 2 aliphatic carbocycles. The lowest BCUT2D eigenvalue weighted by Gasteiger charge is -2.33. The van der Waals surface area contributed by atoms with Crippen LogP contribution >= 0.6 is 0 Å². The number of hydrogen-bond donors (Lipinski definition) is 0. The Hall–Kier alpha value is -1.32. The number of carbonyl (C=O) groups is 2. The molecule has 106 valence electrons. The van der Waals surface area contributed by atoms with Crippen molar-refractivity contribution in [3.8, 4) is 0 Å². The van der Waals surface area contributed by atoms with E-state index in [4.69, 9.17) is 4.74 Å². The average Bonchev–Trinajstić information content (AvgIpc) is 2.99. The van der Waals surface area contributed by atoms with E-state index in [1.54, 1.807) is 0 Å². The van der Waals surface area contributed by atoms with Gasteiger partial charge in [-0.1, -0.05) is 12.2 Å². The van der Waals surface area contributed by atoms with Crippen LogP contribution in [0.3, 0.4) is 0 Å². The monoisotopic (exact) mass is 266 g/mol. The lowest BCUT2D eigenvalue weighted by molar-refractivity contribution is -0.158. The van der Waals surface area contributed by atoms with Gasteiger partial charge in [-0.15, -0.1) is 0 Å². The van der Waals surface area contributed by atoms with E-state index in [1.165, 1.54) is 7.11 Å². The normalized spacial score (nSPS) is 31.5. The van der Waals surface area contributed by atoms with E-state index in [0.717, 1.165) is 12.8 Å². The third-order valence-electron chi connectivity index (χ3n) is 4.42. The molecule has 4 heteroatoms. The first-order valence-corrected chi connectivity index (χ1v) is 7.04. The van der Waals surface area contributed by atoms with Gasteiger partial charge in [-0.2, -0.15) is 0 Å². The van der Waals surface area contributed by atoms with Crippen molar-refractivity contribution in [1.29, 1.82) is 0 Å². The van der Waals surface area contributed by atoms with Gasteiger partial charge in [0.15, 0.2) is 0 Å². The van der Waals surface area contributed by atoms with Crippen molar-refractivity contribution in [2.75, 3.05) is 13.7 Å². The van der Waals surface area contributed by atoms with E-state index in [1.807, 2.05) is 6.92 Å². The van der Waals surface area contributed by atoms with Crippen LogP contribution in [0.2, 0.25) is 0 Å². The maximum absolute atomic E-state index is 12.3. The standard InChI is InChI=1S/C15H22O4/c1-3-19-14(17)15(8-4-5-13(16)18-2)10-11-6-7-12(15)9-11/h6-7,11-12H,3-5,8-10H2,1-2H3. The van der Waals surface area contributed by atoms with Crippen LogP contribution in [-0.2, 0) is 19.1 Å². The van der Waals surface area contributed by atoms with Crippen molar-refractivity contribution in [3.63, 3.8) is 0 Å². The molecular weight excluding hydrogens is 244 g/mol. The molecule has 3 atom stereocenters. The Kier molecular flexibility index (Phi) is 4.27.